The van der Waals surface area contributed by atoms with Crippen LogP contribution in [-0.4, -0.2) is 13.1 Å². The Kier molecular flexibility index (Phi) is 4.07. The summed E-state index contributed by atoms with van der Waals surface area (Å²) in [4.78, 5) is 0. The highest BCUT2D eigenvalue weighted by molar-refractivity contribution is 4.85. The summed E-state index contributed by atoms with van der Waals surface area (Å²) < 4.78 is 0. The van der Waals surface area contributed by atoms with Crippen molar-refractivity contribution in [1.82, 2.24) is 5.32 Å². The van der Waals surface area contributed by atoms with Crippen LogP contribution in [0.15, 0.2) is 0 Å². The molecule has 1 N–H and O–H groups in total. The van der Waals surface area contributed by atoms with Gasteiger partial charge in [0.25, 0.3) is 0 Å². The van der Waals surface area contributed by atoms with E-state index in [0.29, 0.717) is 5.41 Å². The SMILES string of the molecule is CCC1(CNCC2CCCC2)CCCC1. The lowest BCUT2D eigenvalue weighted by Crippen LogP contribution is -2.34. The molecule has 1 nitrogen and oxygen atoms in total. The number of rotatable bonds is 5. The van der Waals surface area contributed by atoms with Crippen LogP contribution in [0.25, 0.3) is 0 Å². The Morgan fingerprint density at radius 3 is 2.33 bits per heavy atom. The van der Waals surface area contributed by atoms with E-state index in [0.717, 1.165) is 5.92 Å². The largest absolute Gasteiger partial charge is 0.316 e. The molecule has 0 aromatic heterocycles. The third kappa shape index (κ3) is 2.96. The normalized spacial score (nSPS) is 26.2. The minimum Gasteiger partial charge on any atom is -0.316 e. The first-order chi connectivity index (χ1) is 7.35. The van der Waals surface area contributed by atoms with Crippen LogP contribution in [0.1, 0.15) is 64.7 Å². The lowest BCUT2D eigenvalue weighted by atomic mass is 9.83. The van der Waals surface area contributed by atoms with Crippen LogP contribution in [-0.2, 0) is 0 Å². The standard InChI is InChI=1S/C14H27N/c1-2-14(9-5-6-10-14)12-15-11-13-7-3-4-8-13/h13,15H,2-12H2,1H3. The van der Waals surface area contributed by atoms with E-state index in [4.69, 9.17) is 0 Å². The summed E-state index contributed by atoms with van der Waals surface area (Å²) >= 11 is 0. The van der Waals surface area contributed by atoms with E-state index in [-0.39, 0.29) is 0 Å². The van der Waals surface area contributed by atoms with Gasteiger partial charge in [0.15, 0.2) is 0 Å². The van der Waals surface area contributed by atoms with Crippen molar-refractivity contribution in [3.63, 3.8) is 0 Å². The molecule has 0 heterocycles. The molecule has 2 rings (SSSR count). The zero-order valence-corrected chi connectivity index (χ0v) is 10.4. The second-order valence-corrected chi connectivity index (χ2v) is 5.84. The smallest absolute Gasteiger partial charge is 0.000782 e. The number of hydrogen-bond donors (Lipinski definition) is 1. The molecule has 0 aliphatic heterocycles. The van der Waals surface area contributed by atoms with E-state index in [1.54, 1.807) is 0 Å². The van der Waals surface area contributed by atoms with E-state index in [2.05, 4.69) is 12.2 Å². The molecule has 2 aliphatic rings. The van der Waals surface area contributed by atoms with Crippen LogP contribution in [0.4, 0.5) is 0 Å². The van der Waals surface area contributed by atoms with Crippen LogP contribution in [0.5, 0.6) is 0 Å². The zero-order chi connectivity index (χ0) is 10.6. The van der Waals surface area contributed by atoms with Crippen LogP contribution in [0, 0.1) is 11.3 Å². The van der Waals surface area contributed by atoms with Crippen molar-refractivity contribution in [1.29, 1.82) is 0 Å². The average molecular weight is 209 g/mol. The van der Waals surface area contributed by atoms with Crippen molar-refractivity contribution in [2.45, 2.75) is 64.7 Å². The van der Waals surface area contributed by atoms with E-state index in [1.165, 1.54) is 70.9 Å². The summed E-state index contributed by atoms with van der Waals surface area (Å²) in [5.74, 6) is 1.00. The van der Waals surface area contributed by atoms with Gasteiger partial charge in [-0.1, -0.05) is 32.6 Å². The molecule has 0 spiro atoms. The molecule has 0 bridgehead atoms. The minimum atomic E-state index is 0.679. The van der Waals surface area contributed by atoms with Crippen LogP contribution in [0.3, 0.4) is 0 Å². The molecule has 0 radical (unpaired) electrons. The number of hydrogen-bond acceptors (Lipinski definition) is 1. The third-order valence-corrected chi connectivity index (χ3v) is 4.82. The van der Waals surface area contributed by atoms with E-state index < -0.39 is 0 Å². The van der Waals surface area contributed by atoms with Gasteiger partial charge in [0, 0.05) is 6.54 Å². The fraction of sp³-hybridized carbons (Fsp3) is 1.00. The number of nitrogens with one attached hydrogen (secondary N) is 1. The monoisotopic (exact) mass is 209 g/mol. The van der Waals surface area contributed by atoms with Crippen LogP contribution in [0.2, 0.25) is 0 Å². The Morgan fingerprint density at radius 1 is 1.07 bits per heavy atom. The molecule has 0 aromatic carbocycles. The lowest BCUT2D eigenvalue weighted by Gasteiger charge is -2.28. The molecule has 2 saturated carbocycles. The molecule has 0 unspecified atom stereocenters. The summed E-state index contributed by atoms with van der Waals surface area (Å²) in [6.45, 7) is 4.96. The molecule has 2 aliphatic carbocycles. The van der Waals surface area contributed by atoms with Gasteiger partial charge in [0.1, 0.15) is 0 Å². The predicted octanol–water partition coefficient (Wildman–Crippen LogP) is 3.74. The Morgan fingerprint density at radius 2 is 1.73 bits per heavy atom. The highest BCUT2D eigenvalue weighted by atomic mass is 14.9. The van der Waals surface area contributed by atoms with Crippen molar-refractivity contribution >= 4 is 0 Å². The molecule has 0 saturated heterocycles. The fourth-order valence-corrected chi connectivity index (χ4v) is 3.54. The first kappa shape index (κ1) is 11.4. The van der Waals surface area contributed by atoms with Gasteiger partial charge in [-0.05, 0) is 50.0 Å². The fourth-order valence-electron chi connectivity index (χ4n) is 3.54. The van der Waals surface area contributed by atoms with Crippen LogP contribution >= 0.6 is 0 Å². The van der Waals surface area contributed by atoms with Crippen molar-refractivity contribution in [2.24, 2.45) is 11.3 Å². The van der Waals surface area contributed by atoms with Gasteiger partial charge >= 0.3 is 0 Å². The summed E-state index contributed by atoms with van der Waals surface area (Å²) in [6.07, 6.45) is 13.2. The topological polar surface area (TPSA) is 12.0 Å². The lowest BCUT2D eigenvalue weighted by molar-refractivity contribution is 0.262. The van der Waals surface area contributed by atoms with Crippen molar-refractivity contribution in [2.75, 3.05) is 13.1 Å². The molecule has 0 atom stereocenters. The molecular formula is C14H27N. The van der Waals surface area contributed by atoms with E-state index in [9.17, 15) is 0 Å². The third-order valence-electron chi connectivity index (χ3n) is 4.82. The zero-order valence-electron chi connectivity index (χ0n) is 10.4. The van der Waals surface area contributed by atoms with Gasteiger partial charge in [-0.25, -0.2) is 0 Å². The van der Waals surface area contributed by atoms with Crippen molar-refractivity contribution < 1.29 is 0 Å². The first-order valence-corrected chi connectivity index (χ1v) is 7.05. The summed E-state index contributed by atoms with van der Waals surface area (Å²) in [5.41, 5.74) is 0.679. The maximum Gasteiger partial charge on any atom is 0.000782 e. The molecule has 0 aromatic rings. The van der Waals surface area contributed by atoms with E-state index >= 15 is 0 Å². The first-order valence-electron chi connectivity index (χ1n) is 7.05. The van der Waals surface area contributed by atoms with Crippen molar-refractivity contribution in [3.05, 3.63) is 0 Å². The molecule has 2 fully saturated rings. The molecule has 0 amide bonds. The van der Waals surface area contributed by atoms with Gasteiger partial charge < -0.3 is 5.32 Å². The average Bonchev–Trinajstić information content (AvgIpc) is 2.89. The molecular weight excluding hydrogens is 182 g/mol. The summed E-state index contributed by atoms with van der Waals surface area (Å²) in [5, 5.41) is 3.76. The predicted molar refractivity (Wildman–Crippen MR) is 66.0 cm³/mol. The second-order valence-electron chi connectivity index (χ2n) is 5.84. The molecule has 1 heteroatoms. The summed E-state index contributed by atoms with van der Waals surface area (Å²) in [7, 11) is 0. The van der Waals surface area contributed by atoms with Gasteiger partial charge in [-0.15, -0.1) is 0 Å². The Balaban J connectivity index is 1.67. The van der Waals surface area contributed by atoms with Crippen molar-refractivity contribution in [3.8, 4) is 0 Å². The van der Waals surface area contributed by atoms with E-state index in [1.807, 2.05) is 0 Å². The Hall–Kier alpha value is -0.0400. The highest BCUT2D eigenvalue weighted by Gasteiger charge is 2.31. The minimum absolute atomic E-state index is 0.679. The summed E-state index contributed by atoms with van der Waals surface area (Å²) in [6, 6.07) is 0. The Bertz CT molecular complexity index is 176. The van der Waals surface area contributed by atoms with Gasteiger partial charge in [0.2, 0.25) is 0 Å². The Labute approximate surface area is 95.0 Å². The second kappa shape index (κ2) is 5.34. The molecule has 88 valence electrons. The maximum absolute atomic E-state index is 3.76. The van der Waals surface area contributed by atoms with Gasteiger partial charge in [-0.2, -0.15) is 0 Å². The van der Waals surface area contributed by atoms with Gasteiger partial charge in [0.05, 0.1) is 0 Å². The van der Waals surface area contributed by atoms with Gasteiger partial charge in [-0.3, -0.25) is 0 Å². The molecule has 15 heavy (non-hydrogen) atoms. The van der Waals surface area contributed by atoms with Crippen LogP contribution < -0.4 is 5.32 Å². The highest BCUT2D eigenvalue weighted by Crippen LogP contribution is 2.40. The quantitative estimate of drug-likeness (QED) is 0.727. The maximum atomic E-state index is 3.76.